The lowest BCUT2D eigenvalue weighted by atomic mass is 9.43. The lowest BCUT2D eigenvalue weighted by Gasteiger charge is -2.60. The minimum atomic E-state index is -0.152. The van der Waals surface area contributed by atoms with Crippen LogP contribution in [0.15, 0.2) is 23.3 Å². The second-order valence-corrected chi connectivity index (χ2v) is 13.4. The Balaban J connectivity index is 1.67. The Hall–Kier alpha value is -0.850. The van der Waals surface area contributed by atoms with Gasteiger partial charge in [0.2, 0.25) is 0 Å². The molecule has 0 saturated heterocycles. The summed E-state index contributed by atoms with van der Waals surface area (Å²) in [5.41, 5.74) is 4.50. The number of allylic oxidation sites excluding steroid dienone is 4. The van der Waals surface area contributed by atoms with Gasteiger partial charge in [0.25, 0.3) is 0 Å². The van der Waals surface area contributed by atoms with Crippen LogP contribution >= 0.6 is 0 Å². The minimum Gasteiger partial charge on any atom is -0.299 e. The molecule has 0 aromatic rings. The molecule has 0 N–H and O–H groups in total. The molecular formula is C30H48O. The molecule has 0 heterocycles. The Bertz CT molecular complexity index is 797. The molecule has 0 bridgehead atoms. The number of hydrogen-bond donors (Lipinski definition) is 0. The van der Waals surface area contributed by atoms with Crippen molar-refractivity contribution in [2.45, 2.75) is 113 Å². The number of carbonyl (C=O) groups excluding carboxylic acids is 1. The number of ketones is 1. The normalized spacial score (nSPS) is 43.2. The molecule has 0 aliphatic heterocycles. The zero-order chi connectivity index (χ0) is 22.8. The van der Waals surface area contributed by atoms with Crippen molar-refractivity contribution in [1.82, 2.24) is 0 Å². The summed E-state index contributed by atoms with van der Waals surface area (Å²) in [5, 5.41) is 0. The van der Waals surface area contributed by atoms with E-state index in [0.717, 1.165) is 24.7 Å². The molecule has 31 heavy (non-hydrogen) atoms. The van der Waals surface area contributed by atoms with E-state index in [0.29, 0.717) is 28.4 Å². The first-order valence-electron chi connectivity index (χ1n) is 13.3. The quantitative estimate of drug-likeness (QED) is 0.413. The van der Waals surface area contributed by atoms with Crippen molar-refractivity contribution in [3.63, 3.8) is 0 Å². The molecule has 6 atom stereocenters. The maximum Gasteiger partial charge on any atom is 0.138 e. The Morgan fingerprint density at radius 3 is 2.29 bits per heavy atom. The highest BCUT2D eigenvalue weighted by molar-refractivity contribution is 5.85. The second kappa shape index (κ2) is 7.59. The van der Waals surface area contributed by atoms with E-state index in [9.17, 15) is 4.79 Å². The summed E-state index contributed by atoms with van der Waals surface area (Å²) < 4.78 is 0. The molecule has 0 aromatic carbocycles. The van der Waals surface area contributed by atoms with E-state index < -0.39 is 0 Å². The molecule has 174 valence electrons. The molecule has 4 aliphatic carbocycles. The van der Waals surface area contributed by atoms with Gasteiger partial charge in [-0.2, -0.15) is 0 Å². The van der Waals surface area contributed by atoms with Crippen LogP contribution in [-0.4, -0.2) is 5.78 Å². The van der Waals surface area contributed by atoms with Crippen LogP contribution < -0.4 is 0 Å². The SMILES string of the molecule is CC(C)C/C=C/[C@H](C)[C@@H]1CC[C@]2(C)C3=C(CC[C@@]12C)[C@@]1(C)CCC(=O)C(C)(C)[C@@H]1CC3. The van der Waals surface area contributed by atoms with E-state index in [1.54, 1.807) is 5.57 Å². The Morgan fingerprint density at radius 2 is 1.61 bits per heavy atom. The number of rotatable bonds is 4. The summed E-state index contributed by atoms with van der Waals surface area (Å²) in [6.07, 6.45) is 15.9. The third kappa shape index (κ3) is 3.26. The van der Waals surface area contributed by atoms with Crippen molar-refractivity contribution < 1.29 is 4.79 Å². The molecule has 4 rings (SSSR count). The smallest absolute Gasteiger partial charge is 0.138 e. The van der Waals surface area contributed by atoms with Gasteiger partial charge in [-0.3, -0.25) is 4.79 Å². The van der Waals surface area contributed by atoms with Crippen molar-refractivity contribution in [3.05, 3.63) is 23.3 Å². The fourth-order valence-electron chi connectivity index (χ4n) is 9.07. The summed E-state index contributed by atoms with van der Waals surface area (Å²) in [4.78, 5) is 12.8. The van der Waals surface area contributed by atoms with E-state index in [1.165, 1.54) is 44.9 Å². The van der Waals surface area contributed by atoms with Crippen LogP contribution in [0.4, 0.5) is 0 Å². The largest absolute Gasteiger partial charge is 0.299 e. The monoisotopic (exact) mass is 424 g/mol. The lowest BCUT2D eigenvalue weighted by molar-refractivity contribution is -0.139. The van der Waals surface area contributed by atoms with E-state index in [1.807, 2.05) is 5.57 Å². The molecule has 1 nitrogen and oxygen atoms in total. The highest BCUT2D eigenvalue weighted by atomic mass is 16.1. The summed E-state index contributed by atoms with van der Waals surface area (Å²) in [7, 11) is 0. The lowest BCUT2D eigenvalue weighted by Crippen LogP contribution is -2.53. The fraction of sp³-hybridized carbons (Fsp3) is 0.833. The van der Waals surface area contributed by atoms with Crippen LogP contribution in [0.25, 0.3) is 0 Å². The third-order valence-corrected chi connectivity index (χ3v) is 11.2. The zero-order valence-electron chi connectivity index (χ0n) is 21.7. The van der Waals surface area contributed by atoms with Crippen LogP contribution in [-0.2, 0) is 4.79 Å². The second-order valence-electron chi connectivity index (χ2n) is 13.4. The molecular weight excluding hydrogens is 376 g/mol. The molecule has 2 saturated carbocycles. The van der Waals surface area contributed by atoms with Gasteiger partial charge >= 0.3 is 0 Å². The van der Waals surface area contributed by atoms with Gasteiger partial charge in [0.05, 0.1) is 0 Å². The number of Topliss-reactive ketones (excluding diaryl/α,β-unsaturated/α-hetero) is 1. The van der Waals surface area contributed by atoms with Crippen molar-refractivity contribution >= 4 is 5.78 Å². The van der Waals surface area contributed by atoms with Gasteiger partial charge in [-0.05, 0) is 91.3 Å². The van der Waals surface area contributed by atoms with Crippen LogP contribution in [0.2, 0.25) is 0 Å². The van der Waals surface area contributed by atoms with Gasteiger partial charge in [0.15, 0.2) is 0 Å². The van der Waals surface area contributed by atoms with Crippen molar-refractivity contribution in [1.29, 1.82) is 0 Å². The predicted octanol–water partition coefficient (Wildman–Crippen LogP) is 8.54. The number of fused-ring (bicyclic) bond motifs is 4. The first-order chi connectivity index (χ1) is 14.4. The average molecular weight is 425 g/mol. The molecule has 0 spiro atoms. The Morgan fingerprint density at radius 1 is 0.903 bits per heavy atom. The number of hydrogen-bond acceptors (Lipinski definition) is 1. The van der Waals surface area contributed by atoms with Crippen LogP contribution in [0.5, 0.6) is 0 Å². The fourth-order valence-corrected chi connectivity index (χ4v) is 9.07. The summed E-state index contributed by atoms with van der Waals surface area (Å²) in [6.45, 7) is 19.4. The van der Waals surface area contributed by atoms with E-state index >= 15 is 0 Å². The Labute approximate surface area is 192 Å². The molecule has 4 aliphatic rings. The molecule has 0 unspecified atom stereocenters. The Kier molecular flexibility index (Phi) is 5.71. The summed E-state index contributed by atoms with van der Waals surface area (Å²) >= 11 is 0. The molecule has 0 aromatic heterocycles. The first-order valence-corrected chi connectivity index (χ1v) is 13.3. The van der Waals surface area contributed by atoms with Crippen LogP contribution in [0.1, 0.15) is 113 Å². The third-order valence-electron chi connectivity index (χ3n) is 11.2. The summed E-state index contributed by atoms with van der Waals surface area (Å²) in [5.74, 6) is 3.26. The maximum absolute atomic E-state index is 12.8. The van der Waals surface area contributed by atoms with Crippen molar-refractivity contribution in [2.75, 3.05) is 0 Å². The first kappa shape index (κ1) is 23.3. The minimum absolute atomic E-state index is 0.152. The van der Waals surface area contributed by atoms with E-state index in [4.69, 9.17) is 0 Å². The van der Waals surface area contributed by atoms with E-state index in [2.05, 4.69) is 67.5 Å². The van der Waals surface area contributed by atoms with Crippen LogP contribution in [0, 0.1) is 45.3 Å². The van der Waals surface area contributed by atoms with Gasteiger partial charge in [-0.25, -0.2) is 0 Å². The van der Waals surface area contributed by atoms with Gasteiger partial charge in [-0.15, -0.1) is 0 Å². The zero-order valence-corrected chi connectivity index (χ0v) is 21.7. The van der Waals surface area contributed by atoms with Crippen molar-refractivity contribution in [2.24, 2.45) is 45.3 Å². The van der Waals surface area contributed by atoms with Crippen molar-refractivity contribution in [3.8, 4) is 0 Å². The highest BCUT2D eigenvalue weighted by Gasteiger charge is 2.63. The topological polar surface area (TPSA) is 17.1 Å². The summed E-state index contributed by atoms with van der Waals surface area (Å²) in [6, 6.07) is 0. The van der Waals surface area contributed by atoms with Gasteiger partial charge in [-0.1, -0.05) is 78.7 Å². The molecule has 2 fully saturated rings. The van der Waals surface area contributed by atoms with Crippen LogP contribution in [0.3, 0.4) is 0 Å². The van der Waals surface area contributed by atoms with Gasteiger partial charge in [0, 0.05) is 11.8 Å². The molecule has 0 radical (unpaired) electrons. The standard InChI is InChI=1S/C30H48O/c1-20(2)10-9-11-21(3)22-14-18-30(8)24-12-13-25-27(4,5)26(31)16-17-28(25,6)23(24)15-19-29(22,30)7/h9,11,20-22,25H,10,12-19H2,1-8H3/b11-9+/t21-,22-,25-,28+,29-,30+/m0/s1. The van der Waals surface area contributed by atoms with Gasteiger partial charge < -0.3 is 0 Å². The maximum atomic E-state index is 12.8. The van der Waals surface area contributed by atoms with E-state index in [-0.39, 0.29) is 10.8 Å². The number of carbonyl (C=O) groups is 1. The molecule has 1 heteroatoms. The molecule has 0 amide bonds. The highest BCUT2D eigenvalue weighted by Crippen LogP contribution is 2.72. The average Bonchev–Trinajstić information content (AvgIpc) is 2.96. The van der Waals surface area contributed by atoms with Gasteiger partial charge in [0.1, 0.15) is 5.78 Å². The predicted molar refractivity (Wildman–Crippen MR) is 132 cm³/mol.